The van der Waals surface area contributed by atoms with Crippen LogP contribution in [0.4, 0.5) is 4.39 Å². The summed E-state index contributed by atoms with van der Waals surface area (Å²) in [5, 5.41) is 4.49. The number of carbonyl (C=O) groups is 2. The van der Waals surface area contributed by atoms with Gasteiger partial charge in [0.1, 0.15) is 11.4 Å². The topological polar surface area (TPSA) is 58.2 Å². The molecular formula is C11H7FN2O2S. The van der Waals surface area contributed by atoms with Crippen LogP contribution in [0.3, 0.4) is 0 Å². The van der Waals surface area contributed by atoms with Gasteiger partial charge < -0.3 is 0 Å². The molecule has 2 rings (SSSR count). The lowest BCUT2D eigenvalue weighted by Crippen LogP contribution is -2.51. The average Bonchev–Trinajstić information content (AvgIpc) is 2.25. The van der Waals surface area contributed by atoms with Gasteiger partial charge in [-0.2, -0.15) is 0 Å². The van der Waals surface area contributed by atoms with Gasteiger partial charge in [0.15, 0.2) is 5.11 Å². The van der Waals surface area contributed by atoms with Gasteiger partial charge in [-0.1, -0.05) is 18.2 Å². The zero-order chi connectivity index (χ0) is 12.4. The lowest BCUT2D eigenvalue weighted by atomic mass is 10.1. The Morgan fingerprint density at radius 3 is 2.29 bits per heavy atom. The molecule has 0 aliphatic carbocycles. The molecule has 0 aromatic heterocycles. The largest absolute Gasteiger partial charge is 0.299 e. The molecule has 0 unspecified atom stereocenters. The summed E-state index contributed by atoms with van der Waals surface area (Å²) in [4.78, 5) is 23.0. The summed E-state index contributed by atoms with van der Waals surface area (Å²) in [5.41, 5.74) is -0.00989. The summed E-state index contributed by atoms with van der Waals surface area (Å²) < 4.78 is 13.3. The molecule has 1 aliphatic heterocycles. The van der Waals surface area contributed by atoms with Crippen molar-refractivity contribution in [2.24, 2.45) is 0 Å². The van der Waals surface area contributed by atoms with Crippen molar-refractivity contribution >= 4 is 35.2 Å². The van der Waals surface area contributed by atoms with E-state index in [1.165, 1.54) is 24.3 Å². The number of carbonyl (C=O) groups excluding carboxylic acids is 2. The van der Waals surface area contributed by atoms with Crippen LogP contribution in [0.1, 0.15) is 5.56 Å². The molecule has 1 aromatic rings. The predicted octanol–water partition coefficient (Wildman–Crippen LogP) is 0.740. The van der Waals surface area contributed by atoms with Crippen LogP contribution in [0.5, 0.6) is 0 Å². The van der Waals surface area contributed by atoms with Gasteiger partial charge in [0, 0.05) is 5.56 Å². The maximum atomic E-state index is 13.3. The Bertz CT molecular complexity index is 532. The maximum absolute atomic E-state index is 13.3. The minimum Gasteiger partial charge on any atom is -0.299 e. The third-order valence-corrected chi connectivity index (χ3v) is 2.35. The molecule has 0 atom stereocenters. The lowest BCUT2D eigenvalue weighted by molar-refractivity contribution is -0.123. The Kier molecular flexibility index (Phi) is 2.97. The molecule has 17 heavy (non-hydrogen) atoms. The van der Waals surface area contributed by atoms with Crippen molar-refractivity contribution in [3.8, 4) is 0 Å². The summed E-state index contributed by atoms with van der Waals surface area (Å²) >= 11 is 4.64. The SMILES string of the molecule is O=C1NC(=S)NC(=O)C1=Cc1ccccc1F. The molecule has 1 saturated heterocycles. The highest BCUT2D eigenvalue weighted by atomic mass is 32.1. The van der Waals surface area contributed by atoms with Crippen LogP contribution in [0.15, 0.2) is 29.8 Å². The van der Waals surface area contributed by atoms with Crippen molar-refractivity contribution in [3.63, 3.8) is 0 Å². The summed E-state index contributed by atoms with van der Waals surface area (Å²) in [6, 6.07) is 5.84. The molecule has 1 heterocycles. The van der Waals surface area contributed by atoms with E-state index in [1.807, 2.05) is 0 Å². The summed E-state index contributed by atoms with van der Waals surface area (Å²) in [5.74, 6) is -1.78. The van der Waals surface area contributed by atoms with Gasteiger partial charge in [0.25, 0.3) is 11.8 Å². The first-order valence-electron chi connectivity index (χ1n) is 4.71. The van der Waals surface area contributed by atoms with Gasteiger partial charge in [-0.3, -0.25) is 20.2 Å². The number of thiocarbonyl (C=S) groups is 1. The van der Waals surface area contributed by atoms with E-state index in [0.717, 1.165) is 0 Å². The van der Waals surface area contributed by atoms with E-state index in [2.05, 4.69) is 22.9 Å². The minimum absolute atomic E-state index is 0.0503. The molecule has 0 saturated carbocycles. The second-order valence-electron chi connectivity index (χ2n) is 3.32. The fourth-order valence-electron chi connectivity index (χ4n) is 1.35. The second-order valence-corrected chi connectivity index (χ2v) is 3.73. The molecule has 2 N–H and O–H groups in total. The number of amides is 2. The monoisotopic (exact) mass is 250 g/mol. The van der Waals surface area contributed by atoms with Crippen LogP contribution < -0.4 is 10.6 Å². The zero-order valence-electron chi connectivity index (χ0n) is 8.49. The van der Waals surface area contributed by atoms with Gasteiger partial charge in [-0.25, -0.2) is 4.39 Å². The molecule has 0 bridgehead atoms. The fourth-order valence-corrected chi connectivity index (χ4v) is 1.54. The van der Waals surface area contributed by atoms with E-state index < -0.39 is 17.6 Å². The molecule has 1 aromatic carbocycles. The van der Waals surface area contributed by atoms with Crippen molar-refractivity contribution in [1.29, 1.82) is 0 Å². The first kappa shape index (κ1) is 11.4. The first-order chi connectivity index (χ1) is 8.08. The van der Waals surface area contributed by atoms with Gasteiger partial charge in [-0.05, 0) is 24.4 Å². The lowest BCUT2D eigenvalue weighted by Gasteiger charge is -2.16. The average molecular weight is 250 g/mol. The van der Waals surface area contributed by atoms with E-state index in [0.29, 0.717) is 0 Å². The molecule has 1 aliphatic rings. The van der Waals surface area contributed by atoms with Gasteiger partial charge >= 0.3 is 0 Å². The molecule has 1 fully saturated rings. The van der Waals surface area contributed by atoms with E-state index >= 15 is 0 Å². The van der Waals surface area contributed by atoms with Crippen LogP contribution in [0.25, 0.3) is 6.08 Å². The summed E-state index contributed by atoms with van der Waals surface area (Å²) in [6.45, 7) is 0. The molecular weight excluding hydrogens is 243 g/mol. The predicted molar refractivity (Wildman–Crippen MR) is 63.3 cm³/mol. The van der Waals surface area contributed by atoms with Gasteiger partial charge in [0.2, 0.25) is 0 Å². The van der Waals surface area contributed by atoms with Gasteiger partial charge in [0.05, 0.1) is 0 Å². The third kappa shape index (κ3) is 2.36. The van der Waals surface area contributed by atoms with Crippen molar-refractivity contribution < 1.29 is 14.0 Å². The van der Waals surface area contributed by atoms with E-state index in [-0.39, 0.29) is 16.2 Å². The molecule has 86 valence electrons. The Balaban J connectivity index is 2.40. The van der Waals surface area contributed by atoms with E-state index in [1.54, 1.807) is 6.07 Å². The standard InChI is InChI=1S/C11H7FN2O2S/c12-8-4-2-1-3-6(8)5-7-9(15)13-11(17)14-10(7)16/h1-5H,(H2,13,14,15,16,17). The Hall–Kier alpha value is -2.08. The van der Waals surface area contributed by atoms with Crippen molar-refractivity contribution in [1.82, 2.24) is 10.6 Å². The van der Waals surface area contributed by atoms with Gasteiger partial charge in [-0.15, -0.1) is 0 Å². The number of nitrogens with one attached hydrogen (secondary N) is 2. The van der Waals surface area contributed by atoms with Crippen LogP contribution in [-0.2, 0) is 9.59 Å². The number of hydrogen-bond donors (Lipinski definition) is 2. The summed E-state index contributed by atoms with van der Waals surface area (Å²) in [6.07, 6.45) is 1.18. The first-order valence-corrected chi connectivity index (χ1v) is 5.11. The maximum Gasteiger partial charge on any atom is 0.263 e. The highest BCUT2D eigenvalue weighted by molar-refractivity contribution is 7.80. The molecule has 4 nitrogen and oxygen atoms in total. The number of hydrogen-bond acceptors (Lipinski definition) is 3. The third-order valence-electron chi connectivity index (χ3n) is 2.15. The zero-order valence-corrected chi connectivity index (χ0v) is 9.31. The normalized spacial score (nSPS) is 15.4. The quantitative estimate of drug-likeness (QED) is 0.439. The second kappa shape index (κ2) is 4.42. The number of benzene rings is 1. The van der Waals surface area contributed by atoms with Crippen LogP contribution in [0.2, 0.25) is 0 Å². The fraction of sp³-hybridized carbons (Fsp3) is 0. The smallest absolute Gasteiger partial charge is 0.263 e. The highest BCUT2D eigenvalue weighted by Crippen LogP contribution is 2.12. The van der Waals surface area contributed by atoms with Crippen LogP contribution >= 0.6 is 12.2 Å². The molecule has 0 spiro atoms. The molecule has 2 amide bonds. The number of halogens is 1. The van der Waals surface area contributed by atoms with Crippen LogP contribution in [-0.4, -0.2) is 16.9 Å². The van der Waals surface area contributed by atoms with Crippen molar-refractivity contribution in [2.75, 3.05) is 0 Å². The Labute approximate surface area is 102 Å². The number of rotatable bonds is 1. The van der Waals surface area contributed by atoms with E-state index in [9.17, 15) is 14.0 Å². The minimum atomic E-state index is -0.637. The Morgan fingerprint density at radius 2 is 1.71 bits per heavy atom. The van der Waals surface area contributed by atoms with Crippen molar-refractivity contribution in [3.05, 3.63) is 41.2 Å². The van der Waals surface area contributed by atoms with Crippen LogP contribution in [0, 0.1) is 5.82 Å². The van der Waals surface area contributed by atoms with E-state index in [4.69, 9.17) is 0 Å². The summed E-state index contributed by atoms with van der Waals surface area (Å²) in [7, 11) is 0. The Morgan fingerprint density at radius 1 is 1.12 bits per heavy atom. The highest BCUT2D eigenvalue weighted by Gasteiger charge is 2.25. The molecule has 0 radical (unpaired) electrons. The molecule has 6 heteroatoms. The van der Waals surface area contributed by atoms with Crippen molar-refractivity contribution in [2.45, 2.75) is 0 Å².